The maximum atomic E-state index is 12.8. The summed E-state index contributed by atoms with van der Waals surface area (Å²) in [5, 5.41) is 11.3. The van der Waals surface area contributed by atoms with Crippen LogP contribution >= 0.6 is 11.3 Å². The third-order valence-corrected chi connectivity index (χ3v) is 4.34. The lowest BCUT2D eigenvalue weighted by molar-refractivity contribution is -0.136. The van der Waals surface area contributed by atoms with Gasteiger partial charge in [-0.25, -0.2) is 9.37 Å². The third-order valence-electron chi connectivity index (χ3n) is 3.40. The minimum Gasteiger partial charge on any atom is -0.490 e. The van der Waals surface area contributed by atoms with Crippen molar-refractivity contribution in [3.8, 4) is 22.1 Å². The van der Waals surface area contributed by atoms with E-state index in [4.69, 9.17) is 14.6 Å². The quantitative estimate of drug-likeness (QED) is 0.604. The molecule has 3 aromatic rings. The van der Waals surface area contributed by atoms with Crippen molar-refractivity contribution in [2.75, 3.05) is 13.2 Å². The maximum Gasteiger partial charge on any atom is 0.309 e. The number of ether oxygens (including phenoxy) is 2. The van der Waals surface area contributed by atoms with Crippen molar-refractivity contribution >= 4 is 17.3 Å². The predicted octanol–water partition coefficient (Wildman–Crippen LogP) is 4.03. The minimum absolute atomic E-state index is 0.0899. The van der Waals surface area contributed by atoms with Crippen molar-refractivity contribution in [3.63, 3.8) is 0 Å². The van der Waals surface area contributed by atoms with Crippen molar-refractivity contribution in [2.24, 2.45) is 0 Å². The molecule has 0 radical (unpaired) electrons. The smallest absolute Gasteiger partial charge is 0.309 e. The number of benzene rings is 2. The molecule has 5 nitrogen and oxygen atoms in total. The molecule has 0 saturated carbocycles. The Bertz CT molecular complexity index is 879. The first-order valence-electron chi connectivity index (χ1n) is 7.88. The van der Waals surface area contributed by atoms with Gasteiger partial charge in [-0.15, -0.1) is 11.3 Å². The molecule has 0 amide bonds. The van der Waals surface area contributed by atoms with Crippen LogP contribution in [0.4, 0.5) is 4.39 Å². The number of carboxylic acids is 1. The molecular formula is C19H16FNO4S. The molecule has 1 N–H and O–H groups in total. The molecule has 134 valence electrons. The van der Waals surface area contributed by atoms with Crippen molar-refractivity contribution in [2.45, 2.75) is 6.42 Å². The molecule has 1 heterocycles. The molecule has 2 aromatic carbocycles. The number of halogens is 1. The van der Waals surface area contributed by atoms with Crippen molar-refractivity contribution in [3.05, 3.63) is 65.4 Å². The van der Waals surface area contributed by atoms with Crippen molar-refractivity contribution < 1.29 is 23.8 Å². The van der Waals surface area contributed by atoms with Crippen LogP contribution in [0, 0.1) is 5.82 Å². The normalized spacial score (nSPS) is 10.5. The molecule has 0 aliphatic heterocycles. The second kappa shape index (κ2) is 8.44. The lowest BCUT2D eigenvalue weighted by Crippen LogP contribution is -2.09. The number of rotatable bonds is 8. The van der Waals surface area contributed by atoms with Crippen LogP contribution in [0.25, 0.3) is 10.6 Å². The number of aliphatic carboxylic acids is 1. The van der Waals surface area contributed by atoms with Crippen LogP contribution in [0.5, 0.6) is 11.5 Å². The first-order chi connectivity index (χ1) is 12.6. The number of nitrogens with zero attached hydrogens (tertiary/aromatic N) is 1. The topological polar surface area (TPSA) is 68.7 Å². The molecule has 26 heavy (non-hydrogen) atoms. The highest BCUT2D eigenvalue weighted by molar-refractivity contribution is 7.13. The van der Waals surface area contributed by atoms with Crippen LogP contribution in [-0.2, 0) is 11.2 Å². The highest BCUT2D eigenvalue weighted by atomic mass is 32.1. The maximum absolute atomic E-state index is 12.8. The summed E-state index contributed by atoms with van der Waals surface area (Å²) in [6.45, 7) is 0.666. The van der Waals surface area contributed by atoms with E-state index in [-0.39, 0.29) is 12.2 Å². The molecule has 0 aliphatic rings. The van der Waals surface area contributed by atoms with Gasteiger partial charge in [0.1, 0.15) is 35.5 Å². The summed E-state index contributed by atoms with van der Waals surface area (Å²) < 4.78 is 24.0. The predicted molar refractivity (Wildman–Crippen MR) is 96.3 cm³/mol. The summed E-state index contributed by atoms with van der Waals surface area (Å²) in [4.78, 5) is 15.1. The van der Waals surface area contributed by atoms with Crippen LogP contribution in [-0.4, -0.2) is 29.3 Å². The number of thiazole rings is 1. The van der Waals surface area contributed by atoms with E-state index in [1.165, 1.54) is 23.5 Å². The monoisotopic (exact) mass is 373 g/mol. The average molecular weight is 373 g/mol. The van der Waals surface area contributed by atoms with E-state index in [2.05, 4.69) is 4.98 Å². The van der Waals surface area contributed by atoms with Gasteiger partial charge in [0.25, 0.3) is 0 Å². The molecule has 0 fully saturated rings. The zero-order chi connectivity index (χ0) is 18.4. The number of carboxylic acid groups (broad SMARTS) is 1. The second-order valence-corrected chi connectivity index (χ2v) is 6.25. The lowest BCUT2D eigenvalue weighted by Gasteiger charge is -2.09. The summed E-state index contributed by atoms with van der Waals surface area (Å²) in [5.41, 5.74) is 1.40. The number of carbonyl (C=O) groups is 1. The van der Waals surface area contributed by atoms with Gasteiger partial charge in [0, 0.05) is 10.9 Å². The first-order valence-corrected chi connectivity index (χ1v) is 8.76. The molecule has 0 spiro atoms. The molecule has 1 aromatic heterocycles. The number of hydrogen-bond acceptors (Lipinski definition) is 5. The molecule has 0 atom stereocenters. The van der Waals surface area contributed by atoms with Crippen molar-refractivity contribution in [1.82, 2.24) is 4.98 Å². The van der Waals surface area contributed by atoms with Gasteiger partial charge in [0.05, 0.1) is 12.1 Å². The van der Waals surface area contributed by atoms with Gasteiger partial charge in [0.15, 0.2) is 0 Å². The summed E-state index contributed by atoms with van der Waals surface area (Å²) in [5.74, 6) is 0.0388. The molecule has 3 rings (SSSR count). The summed E-state index contributed by atoms with van der Waals surface area (Å²) in [6.07, 6.45) is -0.0899. The Morgan fingerprint density at radius 2 is 1.81 bits per heavy atom. The van der Waals surface area contributed by atoms with Crippen molar-refractivity contribution in [1.29, 1.82) is 0 Å². The fourth-order valence-corrected chi connectivity index (χ4v) is 3.06. The lowest BCUT2D eigenvalue weighted by atomic mass is 10.2. The van der Waals surface area contributed by atoms with Crippen LogP contribution in [0.15, 0.2) is 53.9 Å². The largest absolute Gasteiger partial charge is 0.490 e. The van der Waals surface area contributed by atoms with Gasteiger partial charge < -0.3 is 14.6 Å². The summed E-state index contributed by atoms with van der Waals surface area (Å²) in [6, 6.07) is 13.2. The van der Waals surface area contributed by atoms with Gasteiger partial charge in [-0.05, 0) is 36.4 Å². The van der Waals surface area contributed by atoms with Gasteiger partial charge in [0.2, 0.25) is 0 Å². The Hall–Kier alpha value is -2.93. The molecule has 7 heteroatoms. The second-order valence-electron chi connectivity index (χ2n) is 5.39. The van der Waals surface area contributed by atoms with E-state index in [1.807, 2.05) is 24.3 Å². The number of hydrogen-bond donors (Lipinski definition) is 1. The first kappa shape index (κ1) is 17.9. The van der Waals surface area contributed by atoms with Gasteiger partial charge in [-0.3, -0.25) is 4.79 Å². The highest BCUT2D eigenvalue weighted by Crippen LogP contribution is 2.27. The zero-order valence-electron chi connectivity index (χ0n) is 13.7. The number of aromatic nitrogens is 1. The Morgan fingerprint density at radius 1 is 1.08 bits per heavy atom. The Balaban J connectivity index is 1.54. The molecule has 0 bridgehead atoms. The fourth-order valence-electron chi connectivity index (χ4n) is 2.24. The Morgan fingerprint density at radius 3 is 2.54 bits per heavy atom. The standard InChI is InChI=1S/C19H16FNO4S/c20-14-4-6-16(7-5-14)24-8-9-25-17-3-1-2-13(10-17)19-21-15(12-26-19)11-18(22)23/h1-7,10,12H,8-9,11H2,(H,22,23). The van der Waals surface area contributed by atoms with E-state index in [9.17, 15) is 9.18 Å². The van der Waals surface area contributed by atoms with E-state index in [1.54, 1.807) is 17.5 Å². The fraction of sp³-hybridized carbons (Fsp3) is 0.158. The minimum atomic E-state index is -0.903. The third kappa shape index (κ3) is 5.03. The van der Waals surface area contributed by atoms with Crippen LogP contribution in [0.2, 0.25) is 0 Å². The average Bonchev–Trinajstić information content (AvgIpc) is 3.08. The Kier molecular flexibility index (Phi) is 5.80. The molecule has 0 unspecified atom stereocenters. The van der Waals surface area contributed by atoms with E-state index in [0.29, 0.717) is 30.4 Å². The van der Waals surface area contributed by atoms with E-state index in [0.717, 1.165) is 10.6 Å². The van der Waals surface area contributed by atoms with Crippen LogP contribution in [0.1, 0.15) is 5.69 Å². The van der Waals surface area contributed by atoms with E-state index >= 15 is 0 Å². The summed E-state index contributed by atoms with van der Waals surface area (Å²) >= 11 is 1.39. The SMILES string of the molecule is O=C(O)Cc1csc(-c2cccc(OCCOc3ccc(F)cc3)c2)n1. The van der Waals surface area contributed by atoms with Gasteiger partial charge >= 0.3 is 5.97 Å². The van der Waals surface area contributed by atoms with Crippen LogP contribution in [0.3, 0.4) is 0 Å². The molecular weight excluding hydrogens is 357 g/mol. The highest BCUT2D eigenvalue weighted by Gasteiger charge is 2.08. The molecule has 0 saturated heterocycles. The van der Waals surface area contributed by atoms with Crippen LogP contribution < -0.4 is 9.47 Å². The molecule has 0 aliphatic carbocycles. The zero-order valence-corrected chi connectivity index (χ0v) is 14.5. The van der Waals surface area contributed by atoms with Gasteiger partial charge in [-0.2, -0.15) is 0 Å². The Labute approximate surface area is 153 Å². The van der Waals surface area contributed by atoms with E-state index < -0.39 is 5.97 Å². The van der Waals surface area contributed by atoms with Gasteiger partial charge in [-0.1, -0.05) is 12.1 Å². The summed E-state index contributed by atoms with van der Waals surface area (Å²) in [7, 11) is 0.